The van der Waals surface area contributed by atoms with E-state index in [4.69, 9.17) is 14.6 Å². The van der Waals surface area contributed by atoms with Crippen LogP contribution in [0.2, 0.25) is 0 Å². The van der Waals surface area contributed by atoms with E-state index >= 15 is 0 Å². The standard InChI is InChI=1S/C24H28N2O6/c1-3-20(22(27)25-13-12-21(31-2)23(28)29)26-24(30)32-14-19-17-10-6-4-8-15(17)16-9-5-7-11-18(16)19/h4-11,19-21H,3,12-14H2,1-2H3,(H,25,27)(H,26,30)(H,28,29). The van der Waals surface area contributed by atoms with E-state index in [-0.39, 0.29) is 25.5 Å². The Labute approximate surface area is 186 Å². The molecular weight excluding hydrogens is 412 g/mol. The predicted molar refractivity (Wildman–Crippen MR) is 118 cm³/mol. The van der Waals surface area contributed by atoms with E-state index < -0.39 is 30.1 Å². The summed E-state index contributed by atoms with van der Waals surface area (Å²) in [5, 5.41) is 14.2. The number of hydrogen-bond donors (Lipinski definition) is 3. The van der Waals surface area contributed by atoms with Crippen LogP contribution in [-0.2, 0) is 19.1 Å². The summed E-state index contributed by atoms with van der Waals surface area (Å²) in [7, 11) is 1.30. The molecule has 0 heterocycles. The fraction of sp³-hybridized carbons (Fsp3) is 0.375. The molecule has 0 aliphatic heterocycles. The Hall–Kier alpha value is -3.39. The maximum atomic E-state index is 12.4. The van der Waals surface area contributed by atoms with Gasteiger partial charge in [-0.1, -0.05) is 55.5 Å². The van der Waals surface area contributed by atoms with Gasteiger partial charge in [0.25, 0.3) is 0 Å². The molecule has 2 atom stereocenters. The number of benzene rings is 2. The van der Waals surface area contributed by atoms with Crippen LogP contribution in [0.3, 0.4) is 0 Å². The second-order valence-corrected chi connectivity index (χ2v) is 7.57. The van der Waals surface area contributed by atoms with Gasteiger partial charge >= 0.3 is 12.1 Å². The van der Waals surface area contributed by atoms with Gasteiger partial charge in [-0.15, -0.1) is 0 Å². The summed E-state index contributed by atoms with van der Waals surface area (Å²) in [4.78, 5) is 35.7. The molecule has 0 bridgehead atoms. The Morgan fingerprint density at radius 1 is 1.03 bits per heavy atom. The quantitative estimate of drug-likeness (QED) is 0.524. The Morgan fingerprint density at radius 3 is 2.16 bits per heavy atom. The van der Waals surface area contributed by atoms with E-state index in [1.807, 2.05) is 36.4 Å². The van der Waals surface area contributed by atoms with Gasteiger partial charge in [0.1, 0.15) is 12.6 Å². The third kappa shape index (κ3) is 5.26. The Balaban J connectivity index is 1.54. The average molecular weight is 440 g/mol. The maximum absolute atomic E-state index is 12.4. The van der Waals surface area contributed by atoms with Gasteiger partial charge in [0, 0.05) is 26.0 Å². The minimum Gasteiger partial charge on any atom is -0.479 e. The molecule has 0 fully saturated rings. The Bertz CT molecular complexity index is 931. The molecular formula is C24H28N2O6. The smallest absolute Gasteiger partial charge is 0.407 e. The summed E-state index contributed by atoms with van der Waals surface area (Å²) in [6, 6.07) is 15.3. The van der Waals surface area contributed by atoms with Crippen LogP contribution in [0.5, 0.6) is 0 Å². The van der Waals surface area contributed by atoms with Crippen LogP contribution in [0.15, 0.2) is 48.5 Å². The molecule has 1 aliphatic rings. The van der Waals surface area contributed by atoms with Gasteiger partial charge in [-0.2, -0.15) is 0 Å². The third-order valence-corrected chi connectivity index (χ3v) is 5.63. The lowest BCUT2D eigenvalue weighted by Crippen LogP contribution is -2.47. The number of carboxylic acid groups (broad SMARTS) is 1. The van der Waals surface area contributed by atoms with Crippen LogP contribution < -0.4 is 10.6 Å². The zero-order chi connectivity index (χ0) is 23.1. The molecule has 2 aromatic rings. The van der Waals surface area contributed by atoms with Crippen molar-refractivity contribution < 1.29 is 29.0 Å². The first-order valence-corrected chi connectivity index (χ1v) is 10.6. The van der Waals surface area contributed by atoms with Gasteiger partial charge < -0.3 is 25.2 Å². The predicted octanol–water partition coefficient (Wildman–Crippen LogP) is 2.91. The molecule has 2 unspecified atom stereocenters. The van der Waals surface area contributed by atoms with E-state index in [9.17, 15) is 14.4 Å². The van der Waals surface area contributed by atoms with Crippen LogP contribution in [-0.4, -0.2) is 55.5 Å². The summed E-state index contributed by atoms with van der Waals surface area (Å²) in [5.41, 5.74) is 4.49. The number of aliphatic carboxylic acids is 1. The van der Waals surface area contributed by atoms with Crippen molar-refractivity contribution in [3.63, 3.8) is 0 Å². The summed E-state index contributed by atoms with van der Waals surface area (Å²) in [5.74, 6) is -1.56. The first kappa shape index (κ1) is 23.3. The number of alkyl carbamates (subject to hydrolysis) is 1. The minimum absolute atomic E-state index is 0.0657. The molecule has 1 aliphatic carbocycles. The number of rotatable bonds is 10. The lowest BCUT2D eigenvalue weighted by molar-refractivity contribution is -0.149. The van der Waals surface area contributed by atoms with Gasteiger partial charge in [-0.25, -0.2) is 9.59 Å². The van der Waals surface area contributed by atoms with Crippen LogP contribution in [0.1, 0.15) is 36.8 Å². The van der Waals surface area contributed by atoms with Crippen LogP contribution in [0.25, 0.3) is 11.1 Å². The van der Waals surface area contributed by atoms with Gasteiger partial charge in [-0.3, -0.25) is 4.79 Å². The highest BCUT2D eigenvalue weighted by Gasteiger charge is 2.29. The Kier molecular flexibility index (Phi) is 7.83. The zero-order valence-corrected chi connectivity index (χ0v) is 18.2. The highest BCUT2D eigenvalue weighted by atomic mass is 16.5. The van der Waals surface area contributed by atoms with E-state index in [1.165, 1.54) is 7.11 Å². The number of hydrogen-bond acceptors (Lipinski definition) is 5. The molecule has 0 spiro atoms. The van der Waals surface area contributed by atoms with E-state index in [0.717, 1.165) is 22.3 Å². The highest BCUT2D eigenvalue weighted by Crippen LogP contribution is 2.44. The van der Waals surface area contributed by atoms with E-state index in [1.54, 1.807) is 6.92 Å². The number of ether oxygens (including phenoxy) is 2. The molecule has 3 N–H and O–H groups in total. The SMILES string of the molecule is CCC(NC(=O)OCC1c2ccccc2-c2ccccc21)C(=O)NCCC(OC)C(=O)O. The lowest BCUT2D eigenvalue weighted by atomic mass is 9.98. The normalized spacial score (nSPS) is 14.1. The molecule has 0 saturated carbocycles. The number of amides is 2. The number of carbonyl (C=O) groups is 3. The molecule has 8 nitrogen and oxygen atoms in total. The second-order valence-electron chi connectivity index (χ2n) is 7.57. The average Bonchev–Trinajstić information content (AvgIpc) is 3.12. The molecule has 0 aromatic heterocycles. The molecule has 2 aromatic carbocycles. The molecule has 3 rings (SSSR count). The van der Waals surface area contributed by atoms with Crippen molar-refractivity contribution in [3.8, 4) is 11.1 Å². The van der Waals surface area contributed by atoms with Gasteiger partial charge in [-0.05, 0) is 28.7 Å². The Morgan fingerprint density at radius 2 is 1.62 bits per heavy atom. The first-order valence-electron chi connectivity index (χ1n) is 10.6. The maximum Gasteiger partial charge on any atom is 0.407 e. The molecule has 2 amide bonds. The van der Waals surface area contributed by atoms with E-state index in [2.05, 4.69) is 22.8 Å². The topological polar surface area (TPSA) is 114 Å². The van der Waals surface area contributed by atoms with Gasteiger partial charge in [0.05, 0.1) is 0 Å². The van der Waals surface area contributed by atoms with Crippen molar-refractivity contribution >= 4 is 18.0 Å². The van der Waals surface area contributed by atoms with Crippen molar-refractivity contribution in [3.05, 3.63) is 59.7 Å². The van der Waals surface area contributed by atoms with Crippen molar-refractivity contribution in [2.45, 2.75) is 37.8 Å². The summed E-state index contributed by atoms with van der Waals surface area (Å²) < 4.78 is 10.3. The van der Waals surface area contributed by atoms with Gasteiger partial charge in [0.2, 0.25) is 5.91 Å². The number of carbonyl (C=O) groups excluding carboxylic acids is 2. The van der Waals surface area contributed by atoms with Crippen molar-refractivity contribution in [1.29, 1.82) is 0 Å². The zero-order valence-electron chi connectivity index (χ0n) is 18.2. The summed E-state index contributed by atoms with van der Waals surface area (Å²) >= 11 is 0. The van der Waals surface area contributed by atoms with E-state index in [0.29, 0.717) is 6.42 Å². The summed E-state index contributed by atoms with van der Waals surface area (Å²) in [6.45, 7) is 2.04. The van der Waals surface area contributed by atoms with Gasteiger partial charge in [0.15, 0.2) is 6.10 Å². The second kappa shape index (κ2) is 10.8. The minimum atomic E-state index is -1.09. The van der Waals surface area contributed by atoms with Crippen LogP contribution in [0, 0.1) is 0 Å². The summed E-state index contributed by atoms with van der Waals surface area (Å²) in [6.07, 6.45) is -1.18. The van der Waals surface area contributed by atoms with Crippen molar-refractivity contribution in [2.75, 3.05) is 20.3 Å². The fourth-order valence-electron chi connectivity index (χ4n) is 3.93. The molecule has 0 radical (unpaired) electrons. The monoisotopic (exact) mass is 440 g/mol. The van der Waals surface area contributed by atoms with Crippen LogP contribution in [0.4, 0.5) is 4.79 Å². The number of fused-ring (bicyclic) bond motifs is 3. The molecule has 0 saturated heterocycles. The van der Waals surface area contributed by atoms with Crippen molar-refractivity contribution in [2.24, 2.45) is 0 Å². The number of methoxy groups -OCH3 is 1. The van der Waals surface area contributed by atoms with Crippen molar-refractivity contribution in [1.82, 2.24) is 10.6 Å². The fourth-order valence-corrected chi connectivity index (χ4v) is 3.93. The number of nitrogens with one attached hydrogen (secondary N) is 2. The first-order chi connectivity index (χ1) is 15.5. The largest absolute Gasteiger partial charge is 0.479 e. The molecule has 32 heavy (non-hydrogen) atoms. The molecule has 170 valence electrons. The van der Waals surface area contributed by atoms with Crippen LogP contribution >= 0.6 is 0 Å². The lowest BCUT2D eigenvalue weighted by Gasteiger charge is -2.19. The number of carboxylic acids is 1. The molecule has 8 heteroatoms. The third-order valence-electron chi connectivity index (χ3n) is 5.63. The highest BCUT2D eigenvalue weighted by molar-refractivity contribution is 5.85.